The Bertz CT molecular complexity index is 1510. The Balaban J connectivity index is 1.21. The van der Waals surface area contributed by atoms with Crippen LogP contribution in [0.1, 0.15) is 6.42 Å². The zero-order chi connectivity index (χ0) is 26.5. The van der Waals surface area contributed by atoms with Gasteiger partial charge in [-0.2, -0.15) is 4.98 Å². The summed E-state index contributed by atoms with van der Waals surface area (Å²) in [4.78, 5) is 15.4. The van der Waals surface area contributed by atoms with Gasteiger partial charge < -0.3 is 15.4 Å². The zero-order valence-electron chi connectivity index (χ0n) is 20.2. The normalized spacial score (nSPS) is 14.6. The highest BCUT2D eigenvalue weighted by Gasteiger charge is 2.16. The summed E-state index contributed by atoms with van der Waals surface area (Å²) in [6.45, 7) is 4.40. The number of hydrogen-bond acceptors (Lipinski definition) is 10. The number of benzene rings is 2. The van der Waals surface area contributed by atoms with E-state index in [-0.39, 0.29) is 9.92 Å². The van der Waals surface area contributed by atoms with E-state index in [1.54, 1.807) is 30.3 Å². The summed E-state index contributed by atoms with van der Waals surface area (Å²) in [5, 5.41) is 6.85. The number of rotatable bonds is 10. The molecule has 0 atom stereocenters. The van der Waals surface area contributed by atoms with Crippen LogP contribution in [0.4, 0.5) is 26.7 Å². The summed E-state index contributed by atoms with van der Waals surface area (Å²) in [7, 11) is -3.61. The van der Waals surface area contributed by atoms with E-state index >= 15 is 0 Å². The lowest BCUT2D eigenvalue weighted by Gasteiger charge is -2.26. The molecule has 1 fully saturated rings. The minimum atomic E-state index is -3.61. The summed E-state index contributed by atoms with van der Waals surface area (Å²) in [5.41, 5.74) is 1.72. The molecule has 0 unspecified atom stereocenters. The van der Waals surface area contributed by atoms with Gasteiger partial charge in [0.2, 0.25) is 10.0 Å². The molecule has 0 spiro atoms. The fourth-order valence-electron chi connectivity index (χ4n) is 3.87. The monoisotopic (exact) mass is 577 g/mol. The number of nitrogens with one attached hydrogen (secondary N) is 3. The van der Waals surface area contributed by atoms with E-state index in [0.717, 1.165) is 39.3 Å². The molecule has 2 aromatic heterocycles. The van der Waals surface area contributed by atoms with Gasteiger partial charge in [0.1, 0.15) is 16.8 Å². The van der Waals surface area contributed by atoms with Gasteiger partial charge in [0.25, 0.3) is 0 Å². The van der Waals surface area contributed by atoms with E-state index in [9.17, 15) is 12.8 Å². The molecule has 0 bridgehead atoms. The Morgan fingerprint density at radius 1 is 1.05 bits per heavy atom. The van der Waals surface area contributed by atoms with Gasteiger partial charge in [0, 0.05) is 31.0 Å². The number of anilines is 4. The standard InChI is InChI=1S/C24H25ClFN7O3S2/c25-19-14-17(4-7-20(19)26)30-22-21-23(28-15-27-22)32-24(37-21)31-16-2-5-18(6-3-16)38(34,35)29-8-1-9-33-10-12-36-13-11-33/h2-7,14-15,29H,1,8-13H2,(H2,27,28,30,31,32). The van der Waals surface area contributed by atoms with Crippen molar-refractivity contribution in [3.63, 3.8) is 0 Å². The van der Waals surface area contributed by atoms with Gasteiger partial charge in [-0.15, -0.1) is 0 Å². The number of ether oxygens (including phenoxy) is 1. The average molecular weight is 578 g/mol. The molecule has 3 N–H and O–H groups in total. The summed E-state index contributed by atoms with van der Waals surface area (Å²) in [6, 6.07) is 10.8. The Hall–Kier alpha value is -2.94. The highest BCUT2D eigenvalue weighted by molar-refractivity contribution is 7.89. The predicted molar refractivity (Wildman–Crippen MR) is 147 cm³/mol. The van der Waals surface area contributed by atoms with Crippen LogP contribution in [-0.2, 0) is 14.8 Å². The summed E-state index contributed by atoms with van der Waals surface area (Å²) < 4.78 is 47.5. The van der Waals surface area contributed by atoms with Crippen molar-refractivity contribution in [2.24, 2.45) is 0 Å². The number of hydrogen-bond donors (Lipinski definition) is 3. The second-order valence-corrected chi connectivity index (χ2v) is 11.7. The SMILES string of the molecule is O=S(=O)(NCCCN1CCOCC1)c1ccc(Nc2nc3ncnc(Nc4ccc(F)c(Cl)c4)c3s2)cc1. The summed E-state index contributed by atoms with van der Waals surface area (Å²) in [6.07, 6.45) is 2.11. The quantitative estimate of drug-likeness (QED) is 0.236. The third-order valence-corrected chi connectivity index (χ3v) is 8.57. The molecule has 0 amide bonds. The van der Waals surface area contributed by atoms with Crippen molar-refractivity contribution in [3.8, 4) is 0 Å². The van der Waals surface area contributed by atoms with E-state index in [0.29, 0.717) is 39.2 Å². The topological polar surface area (TPSA) is 121 Å². The molecule has 200 valence electrons. The Kier molecular flexibility index (Phi) is 8.31. The Morgan fingerprint density at radius 2 is 1.82 bits per heavy atom. The molecule has 1 aliphatic heterocycles. The van der Waals surface area contributed by atoms with Crippen LogP contribution in [0.2, 0.25) is 5.02 Å². The molecule has 0 radical (unpaired) electrons. The zero-order valence-corrected chi connectivity index (χ0v) is 22.5. The van der Waals surface area contributed by atoms with Gasteiger partial charge in [-0.1, -0.05) is 22.9 Å². The van der Waals surface area contributed by atoms with Crippen molar-refractivity contribution in [3.05, 3.63) is 59.6 Å². The van der Waals surface area contributed by atoms with Crippen LogP contribution >= 0.6 is 22.9 Å². The molecular formula is C24H25ClFN7O3S2. The first-order chi connectivity index (χ1) is 18.4. The molecule has 4 aromatic rings. The molecule has 3 heterocycles. The number of thiazole rings is 1. The first-order valence-electron chi connectivity index (χ1n) is 11.9. The second kappa shape index (κ2) is 11.8. The largest absolute Gasteiger partial charge is 0.379 e. The predicted octanol–water partition coefficient (Wildman–Crippen LogP) is 4.37. The third kappa shape index (κ3) is 6.54. The van der Waals surface area contributed by atoms with Crippen LogP contribution in [0.5, 0.6) is 0 Å². The number of fused-ring (bicyclic) bond motifs is 1. The minimum Gasteiger partial charge on any atom is -0.379 e. The molecule has 10 nitrogen and oxygen atoms in total. The first-order valence-corrected chi connectivity index (χ1v) is 14.6. The van der Waals surface area contributed by atoms with Crippen LogP contribution in [-0.4, -0.2) is 67.7 Å². The summed E-state index contributed by atoms with van der Waals surface area (Å²) >= 11 is 7.20. The van der Waals surface area contributed by atoms with Crippen LogP contribution in [0.3, 0.4) is 0 Å². The van der Waals surface area contributed by atoms with Crippen LogP contribution < -0.4 is 15.4 Å². The highest BCUT2D eigenvalue weighted by atomic mass is 35.5. The fraction of sp³-hybridized carbons (Fsp3) is 0.292. The number of aromatic nitrogens is 3. The lowest BCUT2D eigenvalue weighted by molar-refractivity contribution is 0.0376. The van der Waals surface area contributed by atoms with Gasteiger partial charge in [0.05, 0.1) is 23.1 Å². The number of halogens is 2. The van der Waals surface area contributed by atoms with Gasteiger partial charge in [0.15, 0.2) is 16.6 Å². The van der Waals surface area contributed by atoms with Crippen molar-refractivity contribution in [2.75, 3.05) is 50.0 Å². The van der Waals surface area contributed by atoms with Crippen molar-refractivity contribution >= 4 is 65.6 Å². The number of sulfonamides is 1. The van der Waals surface area contributed by atoms with Crippen molar-refractivity contribution < 1.29 is 17.5 Å². The van der Waals surface area contributed by atoms with Crippen molar-refractivity contribution in [1.82, 2.24) is 24.6 Å². The van der Waals surface area contributed by atoms with Gasteiger partial charge in [-0.3, -0.25) is 4.90 Å². The Morgan fingerprint density at radius 3 is 2.58 bits per heavy atom. The molecule has 1 saturated heterocycles. The number of nitrogens with zero attached hydrogens (tertiary/aromatic N) is 4. The molecule has 0 aliphatic carbocycles. The smallest absolute Gasteiger partial charge is 0.240 e. The Labute approximate surface area is 228 Å². The lowest BCUT2D eigenvalue weighted by Crippen LogP contribution is -2.38. The van der Waals surface area contributed by atoms with Gasteiger partial charge in [-0.05, 0) is 55.4 Å². The van der Waals surface area contributed by atoms with Crippen LogP contribution in [0.15, 0.2) is 53.7 Å². The maximum atomic E-state index is 13.5. The fourth-order valence-corrected chi connectivity index (χ4v) is 6.00. The molecule has 5 rings (SSSR count). The molecule has 14 heteroatoms. The van der Waals surface area contributed by atoms with Crippen LogP contribution in [0.25, 0.3) is 10.3 Å². The lowest BCUT2D eigenvalue weighted by atomic mass is 10.3. The maximum absolute atomic E-state index is 13.5. The summed E-state index contributed by atoms with van der Waals surface area (Å²) in [5.74, 6) is -0.00272. The first kappa shape index (κ1) is 26.7. The van der Waals surface area contributed by atoms with Crippen LogP contribution in [0, 0.1) is 5.82 Å². The molecule has 0 saturated carbocycles. The number of morpholine rings is 1. The van der Waals surface area contributed by atoms with E-state index in [2.05, 4.69) is 35.2 Å². The van der Waals surface area contributed by atoms with E-state index < -0.39 is 15.8 Å². The van der Waals surface area contributed by atoms with Gasteiger partial charge >= 0.3 is 0 Å². The molecule has 1 aliphatic rings. The van der Waals surface area contributed by atoms with E-state index in [4.69, 9.17) is 16.3 Å². The third-order valence-electron chi connectivity index (χ3n) is 5.84. The second-order valence-electron chi connectivity index (χ2n) is 8.50. The van der Waals surface area contributed by atoms with Gasteiger partial charge in [-0.25, -0.2) is 27.5 Å². The molecular weight excluding hydrogens is 553 g/mol. The molecule has 38 heavy (non-hydrogen) atoms. The van der Waals surface area contributed by atoms with E-state index in [1.165, 1.54) is 29.8 Å². The van der Waals surface area contributed by atoms with Crippen molar-refractivity contribution in [1.29, 1.82) is 0 Å². The minimum absolute atomic E-state index is 0.000565. The van der Waals surface area contributed by atoms with Crippen molar-refractivity contribution in [2.45, 2.75) is 11.3 Å². The van der Waals surface area contributed by atoms with E-state index in [1.807, 2.05) is 0 Å². The molecule has 2 aromatic carbocycles. The highest BCUT2D eigenvalue weighted by Crippen LogP contribution is 2.33. The average Bonchev–Trinajstić information content (AvgIpc) is 3.33. The maximum Gasteiger partial charge on any atom is 0.240 e.